The van der Waals surface area contributed by atoms with Crippen LogP contribution in [-0.2, 0) is 6.54 Å². The van der Waals surface area contributed by atoms with E-state index in [4.69, 9.17) is 9.84 Å². The van der Waals surface area contributed by atoms with Gasteiger partial charge in [-0.15, -0.1) is 0 Å². The van der Waals surface area contributed by atoms with Gasteiger partial charge in [0.05, 0.1) is 6.10 Å². The van der Waals surface area contributed by atoms with E-state index in [0.717, 1.165) is 30.6 Å². The molecule has 1 aromatic rings. The van der Waals surface area contributed by atoms with E-state index in [2.05, 4.69) is 10.6 Å². The molecule has 0 aromatic heterocycles. The maximum Gasteiger partial charge on any atom is 0.315 e. The Balaban J connectivity index is 1.44. The summed E-state index contributed by atoms with van der Waals surface area (Å²) in [6, 6.07) is 7.76. The second-order valence-corrected chi connectivity index (χ2v) is 7.02. The molecule has 2 aliphatic rings. The van der Waals surface area contributed by atoms with Crippen LogP contribution in [0.15, 0.2) is 36.4 Å². The van der Waals surface area contributed by atoms with Crippen LogP contribution < -0.4 is 15.4 Å². The molecule has 0 radical (unpaired) electrons. The molecule has 136 valence electrons. The summed E-state index contributed by atoms with van der Waals surface area (Å²) in [5.74, 6) is 1.04. The number of rotatable bonds is 6. The van der Waals surface area contributed by atoms with Crippen LogP contribution in [0.5, 0.6) is 5.75 Å². The lowest BCUT2D eigenvalue weighted by atomic mass is 9.98. The minimum Gasteiger partial charge on any atom is -0.490 e. The number of hydrogen-bond donors (Lipinski definition) is 3. The fourth-order valence-corrected chi connectivity index (χ4v) is 3.52. The normalized spacial score (nSPS) is 23.4. The number of aliphatic hydroxyl groups excluding tert-OH is 1. The van der Waals surface area contributed by atoms with Crippen molar-refractivity contribution in [2.24, 2.45) is 5.92 Å². The van der Waals surface area contributed by atoms with E-state index in [1.165, 1.54) is 19.3 Å². The summed E-state index contributed by atoms with van der Waals surface area (Å²) < 4.78 is 6.07. The van der Waals surface area contributed by atoms with Crippen LogP contribution in [0, 0.1) is 5.92 Å². The second-order valence-electron chi connectivity index (χ2n) is 7.02. The van der Waals surface area contributed by atoms with Crippen molar-refractivity contribution in [3.8, 4) is 5.75 Å². The highest BCUT2D eigenvalue weighted by molar-refractivity contribution is 5.74. The van der Waals surface area contributed by atoms with E-state index in [0.29, 0.717) is 12.6 Å². The molecule has 0 aliphatic heterocycles. The molecule has 25 heavy (non-hydrogen) atoms. The molecular weight excluding hydrogens is 316 g/mol. The van der Waals surface area contributed by atoms with E-state index in [1.807, 2.05) is 36.4 Å². The Hall–Kier alpha value is -2.01. The predicted octanol–water partition coefficient (Wildman–Crippen LogP) is 3.13. The maximum atomic E-state index is 12.0. The van der Waals surface area contributed by atoms with Crippen LogP contribution in [0.2, 0.25) is 0 Å². The molecule has 3 N–H and O–H groups in total. The van der Waals surface area contributed by atoms with Gasteiger partial charge in [0.1, 0.15) is 5.75 Å². The number of carbonyl (C=O) groups excluding carboxylic acids is 1. The van der Waals surface area contributed by atoms with Crippen molar-refractivity contribution in [2.45, 2.75) is 57.2 Å². The maximum absolute atomic E-state index is 12.0. The highest BCUT2D eigenvalue weighted by atomic mass is 16.5. The second kappa shape index (κ2) is 8.90. The molecule has 5 nitrogen and oxygen atoms in total. The number of ether oxygens (including phenoxy) is 1. The van der Waals surface area contributed by atoms with E-state index in [9.17, 15) is 4.79 Å². The van der Waals surface area contributed by atoms with Crippen molar-refractivity contribution in [2.75, 3.05) is 6.61 Å². The van der Waals surface area contributed by atoms with Gasteiger partial charge >= 0.3 is 6.03 Å². The van der Waals surface area contributed by atoms with Gasteiger partial charge in [0.2, 0.25) is 0 Å². The van der Waals surface area contributed by atoms with Gasteiger partial charge in [0, 0.05) is 25.1 Å². The van der Waals surface area contributed by atoms with Crippen LogP contribution in [0.4, 0.5) is 4.79 Å². The molecule has 3 rings (SSSR count). The Kier molecular flexibility index (Phi) is 6.34. The number of amides is 2. The number of aliphatic hydroxyl groups is 1. The average molecular weight is 344 g/mol. The molecule has 0 bridgehead atoms. The van der Waals surface area contributed by atoms with Crippen LogP contribution >= 0.6 is 0 Å². The van der Waals surface area contributed by atoms with Gasteiger partial charge in [-0.3, -0.25) is 0 Å². The first-order valence-corrected chi connectivity index (χ1v) is 9.32. The third kappa shape index (κ3) is 5.49. The molecule has 1 saturated carbocycles. The molecule has 5 heteroatoms. The average Bonchev–Trinajstić information content (AvgIpc) is 3.09. The van der Waals surface area contributed by atoms with Crippen LogP contribution in [-0.4, -0.2) is 29.9 Å². The van der Waals surface area contributed by atoms with E-state index in [1.54, 1.807) is 0 Å². The van der Waals surface area contributed by atoms with Gasteiger partial charge < -0.3 is 20.5 Å². The Labute approximate surface area is 149 Å². The van der Waals surface area contributed by atoms with Crippen LogP contribution in [0.1, 0.15) is 44.1 Å². The third-order valence-electron chi connectivity index (χ3n) is 4.93. The van der Waals surface area contributed by atoms with E-state index < -0.39 is 0 Å². The van der Waals surface area contributed by atoms with Gasteiger partial charge in [-0.1, -0.05) is 30.7 Å². The molecular formula is C20H28N2O3. The number of benzene rings is 1. The van der Waals surface area contributed by atoms with Crippen molar-refractivity contribution < 1.29 is 14.6 Å². The molecule has 2 aliphatic carbocycles. The highest BCUT2D eigenvalue weighted by Gasteiger charge is 2.19. The Morgan fingerprint density at radius 1 is 1.20 bits per heavy atom. The predicted molar refractivity (Wildman–Crippen MR) is 97.4 cm³/mol. The molecule has 2 atom stereocenters. The van der Waals surface area contributed by atoms with Gasteiger partial charge in [-0.25, -0.2) is 4.79 Å². The van der Waals surface area contributed by atoms with E-state index >= 15 is 0 Å². The molecule has 1 fully saturated rings. The van der Waals surface area contributed by atoms with Gasteiger partial charge in [0.25, 0.3) is 0 Å². The fourth-order valence-electron chi connectivity index (χ4n) is 3.52. The zero-order chi connectivity index (χ0) is 17.5. The topological polar surface area (TPSA) is 70.6 Å². The van der Waals surface area contributed by atoms with Crippen molar-refractivity contribution in [3.63, 3.8) is 0 Å². The fraction of sp³-hybridized carbons (Fsp3) is 0.550. The number of hydrogen-bond acceptors (Lipinski definition) is 3. The van der Waals surface area contributed by atoms with Gasteiger partial charge in [-0.2, -0.15) is 0 Å². The first-order valence-electron chi connectivity index (χ1n) is 9.32. The summed E-state index contributed by atoms with van der Waals surface area (Å²) in [5.41, 5.74) is 1.03. The first-order chi connectivity index (χ1) is 12.2. The summed E-state index contributed by atoms with van der Waals surface area (Å²) in [6.45, 7) is 0.595. The third-order valence-corrected chi connectivity index (χ3v) is 4.93. The van der Waals surface area contributed by atoms with Crippen molar-refractivity contribution in [3.05, 3.63) is 42.0 Å². The Morgan fingerprint density at radius 2 is 2.04 bits per heavy atom. The van der Waals surface area contributed by atoms with Crippen molar-refractivity contribution in [1.29, 1.82) is 0 Å². The molecule has 0 saturated heterocycles. The lowest BCUT2D eigenvalue weighted by Crippen LogP contribution is -2.40. The zero-order valence-corrected chi connectivity index (χ0v) is 14.6. The zero-order valence-electron chi connectivity index (χ0n) is 14.6. The highest BCUT2D eigenvalue weighted by Crippen LogP contribution is 2.24. The summed E-state index contributed by atoms with van der Waals surface area (Å²) >= 11 is 0. The van der Waals surface area contributed by atoms with Gasteiger partial charge in [0.15, 0.2) is 0 Å². The van der Waals surface area contributed by atoms with Crippen LogP contribution in [0.3, 0.4) is 0 Å². The molecule has 0 unspecified atom stereocenters. The van der Waals surface area contributed by atoms with E-state index in [-0.39, 0.29) is 24.6 Å². The Bertz CT molecular complexity index is 596. The lowest BCUT2D eigenvalue weighted by Gasteiger charge is -2.23. The Morgan fingerprint density at radius 3 is 2.80 bits per heavy atom. The molecule has 0 heterocycles. The summed E-state index contributed by atoms with van der Waals surface area (Å²) in [6.07, 6.45) is 11.1. The standard InChI is InChI=1S/C20H28N2O3/c23-14-16-9-10-17(11-16)22-20(24)21-13-15-5-4-8-19(12-15)25-18-6-2-1-3-7-18/h4-5,8-10,12,16-18,23H,1-3,6-7,11,13-14H2,(H2,21,22,24)/t16-,17+/m0/s1. The summed E-state index contributed by atoms with van der Waals surface area (Å²) in [4.78, 5) is 12.0. The van der Waals surface area contributed by atoms with Gasteiger partial charge in [-0.05, 0) is 49.8 Å². The van der Waals surface area contributed by atoms with Crippen molar-refractivity contribution in [1.82, 2.24) is 10.6 Å². The molecule has 0 spiro atoms. The monoisotopic (exact) mass is 344 g/mol. The number of urea groups is 1. The smallest absolute Gasteiger partial charge is 0.315 e. The minimum atomic E-state index is -0.188. The summed E-state index contributed by atoms with van der Waals surface area (Å²) in [5, 5.41) is 14.9. The largest absolute Gasteiger partial charge is 0.490 e. The molecule has 2 amide bonds. The number of nitrogens with one attached hydrogen (secondary N) is 2. The number of carbonyl (C=O) groups is 1. The minimum absolute atomic E-state index is 0.00174. The summed E-state index contributed by atoms with van der Waals surface area (Å²) in [7, 11) is 0. The first kappa shape index (κ1) is 17.8. The van der Waals surface area contributed by atoms with Crippen LogP contribution in [0.25, 0.3) is 0 Å². The SMILES string of the molecule is O=C(NCc1cccc(OC2CCCCC2)c1)N[C@@H]1C=C[C@H](CO)C1. The quantitative estimate of drug-likeness (QED) is 0.694. The van der Waals surface area contributed by atoms with Crippen molar-refractivity contribution >= 4 is 6.03 Å². The molecule has 1 aromatic carbocycles. The lowest BCUT2D eigenvalue weighted by molar-refractivity contribution is 0.155.